The minimum atomic E-state index is 0.686. The van der Waals surface area contributed by atoms with E-state index in [9.17, 15) is 0 Å². The van der Waals surface area contributed by atoms with Crippen molar-refractivity contribution in [2.75, 3.05) is 33.2 Å². The van der Waals surface area contributed by atoms with Gasteiger partial charge in [0.2, 0.25) is 0 Å². The standard InChI is InChI=1S/C10H20IN3/c1-13-7-5-12-9(8-13)10-4-2-3-6-14(10)11/h9-10,12H,2-8H2,1H3. The van der Waals surface area contributed by atoms with Crippen molar-refractivity contribution in [2.45, 2.75) is 31.3 Å². The second-order valence-electron chi connectivity index (χ2n) is 4.51. The second kappa shape index (κ2) is 5.09. The van der Waals surface area contributed by atoms with Crippen molar-refractivity contribution in [3.05, 3.63) is 0 Å². The fourth-order valence-electron chi connectivity index (χ4n) is 2.51. The minimum Gasteiger partial charge on any atom is -0.310 e. The number of halogens is 1. The topological polar surface area (TPSA) is 18.5 Å². The summed E-state index contributed by atoms with van der Waals surface area (Å²) in [5, 5.41) is 3.66. The lowest BCUT2D eigenvalue weighted by Crippen LogP contribution is -2.58. The molecular weight excluding hydrogens is 289 g/mol. The largest absolute Gasteiger partial charge is 0.310 e. The lowest BCUT2D eigenvalue weighted by molar-refractivity contribution is 0.159. The summed E-state index contributed by atoms with van der Waals surface area (Å²) in [5.41, 5.74) is 0. The summed E-state index contributed by atoms with van der Waals surface area (Å²) in [6.45, 7) is 4.84. The third-order valence-corrected chi connectivity index (χ3v) is 4.55. The van der Waals surface area contributed by atoms with Gasteiger partial charge in [0.1, 0.15) is 0 Å². The molecule has 0 aliphatic carbocycles. The molecule has 0 bridgehead atoms. The summed E-state index contributed by atoms with van der Waals surface area (Å²) in [6.07, 6.45) is 4.16. The van der Waals surface area contributed by atoms with Gasteiger partial charge in [0.25, 0.3) is 0 Å². The molecular formula is C10H20IN3. The van der Waals surface area contributed by atoms with Gasteiger partial charge in [-0.05, 0) is 19.9 Å². The molecule has 0 spiro atoms. The Morgan fingerprint density at radius 1 is 1.29 bits per heavy atom. The van der Waals surface area contributed by atoms with E-state index < -0.39 is 0 Å². The molecule has 3 nitrogen and oxygen atoms in total. The van der Waals surface area contributed by atoms with Crippen molar-refractivity contribution in [1.82, 2.24) is 13.3 Å². The van der Waals surface area contributed by atoms with E-state index >= 15 is 0 Å². The van der Waals surface area contributed by atoms with E-state index in [1.54, 1.807) is 0 Å². The zero-order valence-corrected chi connectivity index (χ0v) is 11.0. The summed E-state index contributed by atoms with van der Waals surface area (Å²) in [4.78, 5) is 2.44. The summed E-state index contributed by atoms with van der Waals surface area (Å²) in [6, 6.07) is 1.44. The Balaban J connectivity index is 1.91. The fraction of sp³-hybridized carbons (Fsp3) is 1.00. The maximum absolute atomic E-state index is 3.66. The van der Waals surface area contributed by atoms with Gasteiger partial charge in [-0.3, -0.25) is 0 Å². The van der Waals surface area contributed by atoms with Crippen molar-refractivity contribution in [3.8, 4) is 0 Å². The van der Waals surface area contributed by atoms with E-state index in [0.717, 1.165) is 12.6 Å². The molecule has 2 unspecified atom stereocenters. The van der Waals surface area contributed by atoms with E-state index in [1.165, 1.54) is 38.9 Å². The average Bonchev–Trinajstić information content (AvgIpc) is 2.18. The number of likely N-dealkylation sites (N-methyl/N-ethyl adjacent to an activating group) is 1. The predicted octanol–water partition coefficient (Wildman–Crippen LogP) is 1.09. The van der Waals surface area contributed by atoms with Gasteiger partial charge < -0.3 is 10.2 Å². The van der Waals surface area contributed by atoms with Crippen LogP contribution in [0.5, 0.6) is 0 Å². The highest BCUT2D eigenvalue weighted by Crippen LogP contribution is 2.24. The van der Waals surface area contributed by atoms with Gasteiger partial charge in [-0.15, -0.1) is 0 Å². The van der Waals surface area contributed by atoms with Crippen LogP contribution < -0.4 is 5.32 Å². The Hall–Kier alpha value is 0.610. The van der Waals surface area contributed by atoms with E-state index in [-0.39, 0.29) is 0 Å². The predicted molar refractivity (Wildman–Crippen MR) is 67.7 cm³/mol. The number of piperazine rings is 1. The van der Waals surface area contributed by atoms with Crippen LogP contribution in [0.1, 0.15) is 19.3 Å². The number of hydrogen-bond donors (Lipinski definition) is 1. The number of rotatable bonds is 1. The molecule has 1 N–H and O–H groups in total. The van der Waals surface area contributed by atoms with Gasteiger partial charge >= 0.3 is 0 Å². The van der Waals surface area contributed by atoms with Gasteiger partial charge in [0.05, 0.1) is 0 Å². The first kappa shape index (κ1) is 11.1. The summed E-state index contributed by atoms with van der Waals surface area (Å²) in [5.74, 6) is 0. The van der Waals surface area contributed by atoms with Crippen LogP contribution in [0, 0.1) is 0 Å². The van der Waals surface area contributed by atoms with Crippen molar-refractivity contribution < 1.29 is 0 Å². The fourth-order valence-corrected chi connectivity index (χ4v) is 3.52. The molecule has 2 aliphatic heterocycles. The second-order valence-corrected chi connectivity index (χ2v) is 5.75. The Morgan fingerprint density at radius 2 is 2.14 bits per heavy atom. The Labute approximate surface area is 101 Å². The zero-order valence-electron chi connectivity index (χ0n) is 8.88. The number of nitrogens with one attached hydrogen (secondary N) is 1. The first-order valence-electron chi connectivity index (χ1n) is 5.62. The molecule has 4 heteroatoms. The Morgan fingerprint density at radius 3 is 2.86 bits per heavy atom. The molecule has 2 heterocycles. The van der Waals surface area contributed by atoms with Crippen molar-refractivity contribution in [3.63, 3.8) is 0 Å². The van der Waals surface area contributed by atoms with Crippen molar-refractivity contribution in [2.24, 2.45) is 0 Å². The summed E-state index contributed by atoms with van der Waals surface area (Å²) < 4.78 is 2.51. The van der Waals surface area contributed by atoms with Gasteiger partial charge in [0.15, 0.2) is 0 Å². The maximum Gasteiger partial charge on any atom is 0.0360 e. The molecule has 0 aromatic heterocycles. The molecule has 82 valence electrons. The first-order chi connectivity index (χ1) is 6.77. The Bertz CT molecular complexity index is 188. The Kier molecular flexibility index (Phi) is 4.04. The van der Waals surface area contributed by atoms with Crippen molar-refractivity contribution >= 4 is 22.9 Å². The van der Waals surface area contributed by atoms with Crippen LogP contribution in [0.25, 0.3) is 0 Å². The van der Waals surface area contributed by atoms with E-state index in [2.05, 4.69) is 43.2 Å². The number of nitrogens with zero attached hydrogens (tertiary/aromatic N) is 2. The van der Waals surface area contributed by atoms with Gasteiger partial charge in [-0.2, -0.15) is 0 Å². The number of piperidine rings is 1. The highest BCUT2D eigenvalue weighted by Gasteiger charge is 2.30. The van der Waals surface area contributed by atoms with Crippen LogP contribution in [0.2, 0.25) is 0 Å². The zero-order chi connectivity index (χ0) is 9.97. The van der Waals surface area contributed by atoms with Gasteiger partial charge in [-0.25, -0.2) is 3.11 Å². The molecule has 2 aliphatic rings. The number of hydrogen-bond acceptors (Lipinski definition) is 3. The highest BCUT2D eigenvalue weighted by atomic mass is 127. The van der Waals surface area contributed by atoms with Crippen molar-refractivity contribution in [1.29, 1.82) is 0 Å². The normalized spacial score (nSPS) is 37.3. The average molecular weight is 309 g/mol. The third-order valence-electron chi connectivity index (χ3n) is 3.35. The lowest BCUT2D eigenvalue weighted by Gasteiger charge is -2.41. The summed E-state index contributed by atoms with van der Waals surface area (Å²) >= 11 is 2.50. The summed E-state index contributed by atoms with van der Waals surface area (Å²) in [7, 11) is 2.23. The quantitative estimate of drug-likeness (QED) is 0.578. The molecule has 0 aromatic rings. The molecule has 14 heavy (non-hydrogen) atoms. The highest BCUT2D eigenvalue weighted by molar-refractivity contribution is 14.1. The molecule has 0 radical (unpaired) electrons. The minimum absolute atomic E-state index is 0.686. The van der Waals surface area contributed by atoms with Crippen LogP contribution in [-0.2, 0) is 0 Å². The lowest BCUT2D eigenvalue weighted by atomic mass is 9.96. The van der Waals surface area contributed by atoms with Gasteiger partial charge in [0, 0.05) is 61.1 Å². The first-order valence-corrected chi connectivity index (χ1v) is 6.58. The molecule has 0 aromatic carbocycles. The molecule has 0 saturated carbocycles. The van der Waals surface area contributed by atoms with Crippen LogP contribution >= 0.6 is 22.9 Å². The SMILES string of the molecule is CN1CCNC(C2CCCCN2I)C1. The van der Waals surface area contributed by atoms with Crippen LogP contribution in [0.3, 0.4) is 0 Å². The molecule has 0 amide bonds. The van der Waals surface area contributed by atoms with Crippen LogP contribution in [0.4, 0.5) is 0 Å². The molecule has 2 fully saturated rings. The van der Waals surface area contributed by atoms with Crippen LogP contribution in [-0.4, -0.2) is 53.3 Å². The van der Waals surface area contributed by atoms with E-state index in [4.69, 9.17) is 0 Å². The van der Waals surface area contributed by atoms with Gasteiger partial charge in [-0.1, -0.05) is 6.42 Å². The van der Waals surface area contributed by atoms with E-state index in [0.29, 0.717) is 6.04 Å². The molecule has 2 rings (SSSR count). The third kappa shape index (κ3) is 2.59. The maximum atomic E-state index is 3.66. The molecule has 2 saturated heterocycles. The molecule has 2 atom stereocenters. The smallest absolute Gasteiger partial charge is 0.0360 e. The monoisotopic (exact) mass is 309 g/mol. The van der Waals surface area contributed by atoms with E-state index in [1.807, 2.05) is 0 Å². The van der Waals surface area contributed by atoms with Crippen LogP contribution in [0.15, 0.2) is 0 Å².